The van der Waals surface area contributed by atoms with Crippen molar-refractivity contribution in [2.45, 2.75) is 33.2 Å². The van der Waals surface area contributed by atoms with E-state index in [4.69, 9.17) is 0 Å². The third-order valence-electron chi connectivity index (χ3n) is 3.18. The molecular formula is C13H19FN6. The Hall–Kier alpha value is -2.05. The van der Waals surface area contributed by atoms with Gasteiger partial charge in [0.1, 0.15) is 12.7 Å². The zero-order chi connectivity index (χ0) is 14.7. The minimum atomic E-state index is -0.400. The van der Waals surface area contributed by atoms with Crippen molar-refractivity contribution in [3.8, 4) is 0 Å². The smallest absolute Gasteiger partial charge is 0.186 e. The molecule has 0 fully saturated rings. The van der Waals surface area contributed by atoms with Gasteiger partial charge in [0.05, 0.1) is 11.7 Å². The average Bonchev–Trinajstić information content (AvgIpc) is 2.83. The van der Waals surface area contributed by atoms with Crippen LogP contribution in [0, 0.1) is 11.7 Å². The molecule has 0 aliphatic carbocycles. The first-order valence-corrected chi connectivity index (χ1v) is 6.64. The lowest BCUT2D eigenvalue weighted by Crippen LogP contribution is -2.22. The van der Waals surface area contributed by atoms with Gasteiger partial charge in [0, 0.05) is 7.05 Å². The Bertz CT molecular complexity index is 580. The van der Waals surface area contributed by atoms with Gasteiger partial charge in [-0.15, -0.1) is 10.2 Å². The topological polar surface area (TPSA) is 68.5 Å². The monoisotopic (exact) mass is 278 g/mol. The van der Waals surface area contributed by atoms with E-state index in [9.17, 15) is 4.39 Å². The molecule has 1 N–H and O–H groups in total. The van der Waals surface area contributed by atoms with Crippen molar-refractivity contribution >= 4 is 5.82 Å². The largest absolute Gasteiger partial charge is 0.357 e. The van der Waals surface area contributed by atoms with E-state index in [1.165, 1.54) is 6.33 Å². The van der Waals surface area contributed by atoms with Gasteiger partial charge in [0.15, 0.2) is 17.5 Å². The Kier molecular flexibility index (Phi) is 4.26. The summed E-state index contributed by atoms with van der Waals surface area (Å²) in [5, 5.41) is 11.1. The zero-order valence-corrected chi connectivity index (χ0v) is 12.1. The van der Waals surface area contributed by atoms with Gasteiger partial charge in [0.2, 0.25) is 0 Å². The van der Waals surface area contributed by atoms with Crippen LogP contribution in [0.2, 0.25) is 0 Å². The predicted octanol–water partition coefficient (Wildman–Crippen LogP) is 2.12. The summed E-state index contributed by atoms with van der Waals surface area (Å²) in [6.45, 7) is 5.93. The number of aryl methyl sites for hydroxylation is 2. The van der Waals surface area contributed by atoms with Crippen LogP contribution >= 0.6 is 0 Å². The van der Waals surface area contributed by atoms with Gasteiger partial charge in [-0.25, -0.2) is 14.4 Å². The Morgan fingerprint density at radius 3 is 2.65 bits per heavy atom. The first-order chi connectivity index (χ1) is 9.54. The number of halogens is 1. The molecule has 0 amide bonds. The van der Waals surface area contributed by atoms with Gasteiger partial charge >= 0.3 is 0 Å². The maximum atomic E-state index is 14.2. The number of hydrogen-bond acceptors (Lipinski definition) is 5. The summed E-state index contributed by atoms with van der Waals surface area (Å²) in [4.78, 5) is 7.92. The van der Waals surface area contributed by atoms with Gasteiger partial charge in [-0.2, -0.15) is 0 Å². The van der Waals surface area contributed by atoms with E-state index in [0.717, 1.165) is 5.82 Å². The van der Waals surface area contributed by atoms with E-state index in [1.807, 2.05) is 32.4 Å². The van der Waals surface area contributed by atoms with Crippen LogP contribution in [-0.4, -0.2) is 24.7 Å². The summed E-state index contributed by atoms with van der Waals surface area (Å²) in [7, 11) is 1.86. The summed E-state index contributed by atoms with van der Waals surface area (Å²) >= 11 is 0. The van der Waals surface area contributed by atoms with Crippen molar-refractivity contribution in [3.05, 3.63) is 30.0 Å². The molecule has 6 nitrogen and oxygen atoms in total. The van der Waals surface area contributed by atoms with E-state index < -0.39 is 5.82 Å². The van der Waals surface area contributed by atoms with E-state index in [2.05, 4.69) is 25.5 Å². The Morgan fingerprint density at radius 2 is 2.10 bits per heavy atom. The molecule has 7 heteroatoms. The first kappa shape index (κ1) is 14.4. The minimum absolute atomic E-state index is 0.170. The highest BCUT2D eigenvalue weighted by molar-refractivity contribution is 5.39. The fraction of sp³-hybridized carbons (Fsp3) is 0.538. The maximum absolute atomic E-state index is 14.2. The van der Waals surface area contributed by atoms with Crippen LogP contribution in [0.5, 0.6) is 0 Å². The lowest BCUT2D eigenvalue weighted by Gasteiger charge is -2.22. The third kappa shape index (κ3) is 2.76. The van der Waals surface area contributed by atoms with Crippen LogP contribution in [0.4, 0.5) is 10.2 Å². The number of rotatable bonds is 5. The predicted molar refractivity (Wildman–Crippen MR) is 73.6 cm³/mol. The minimum Gasteiger partial charge on any atom is -0.357 e. The summed E-state index contributed by atoms with van der Waals surface area (Å²) in [5.41, 5.74) is 0.406. The number of nitrogens with zero attached hydrogens (tertiary/aromatic N) is 5. The van der Waals surface area contributed by atoms with Gasteiger partial charge in [0.25, 0.3) is 0 Å². The molecule has 0 saturated carbocycles. The van der Waals surface area contributed by atoms with E-state index >= 15 is 0 Å². The molecule has 1 atom stereocenters. The van der Waals surface area contributed by atoms with Crippen molar-refractivity contribution in [3.63, 3.8) is 0 Å². The molecule has 108 valence electrons. The number of anilines is 1. The molecular weight excluding hydrogens is 259 g/mol. The maximum Gasteiger partial charge on any atom is 0.186 e. The highest BCUT2D eigenvalue weighted by Gasteiger charge is 2.23. The summed E-state index contributed by atoms with van der Waals surface area (Å²) in [5.74, 6) is 0.759. The molecule has 20 heavy (non-hydrogen) atoms. The van der Waals surface area contributed by atoms with Crippen LogP contribution in [0.1, 0.15) is 38.3 Å². The molecule has 0 bridgehead atoms. The molecule has 0 unspecified atom stereocenters. The van der Waals surface area contributed by atoms with Crippen molar-refractivity contribution in [1.29, 1.82) is 0 Å². The van der Waals surface area contributed by atoms with Gasteiger partial charge in [-0.3, -0.25) is 0 Å². The zero-order valence-electron chi connectivity index (χ0n) is 12.1. The number of hydrogen-bond donors (Lipinski definition) is 1. The molecule has 0 aromatic carbocycles. The van der Waals surface area contributed by atoms with Gasteiger partial charge in [-0.1, -0.05) is 20.8 Å². The molecule has 0 saturated heterocycles. The second-order valence-corrected chi connectivity index (χ2v) is 5.00. The fourth-order valence-electron chi connectivity index (χ4n) is 2.00. The average molecular weight is 278 g/mol. The molecule has 0 spiro atoms. The molecule has 2 aromatic rings. The van der Waals surface area contributed by atoms with E-state index in [1.54, 1.807) is 6.33 Å². The molecule has 0 aliphatic heterocycles. The standard InChI is InChI=1S/C13H19FN6/c1-5-9-10(14)12(16-6-15-9)18-11(8(2)3)13-19-17-7-20(13)4/h6-8,11H,5H2,1-4H3,(H,15,16,18)/t11-/m0/s1. The molecule has 2 rings (SSSR count). The lowest BCUT2D eigenvalue weighted by molar-refractivity contribution is 0.498. The SMILES string of the molecule is CCc1ncnc(N[C@H](c2nncn2C)C(C)C)c1F. The van der Waals surface area contributed by atoms with E-state index in [-0.39, 0.29) is 17.8 Å². The highest BCUT2D eigenvalue weighted by Crippen LogP contribution is 2.25. The van der Waals surface area contributed by atoms with E-state index in [0.29, 0.717) is 12.1 Å². The van der Waals surface area contributed by atoms with Gasteiger partial charge < -0.3 is 9.88 Å². The van der Waals surface area contributed by atoms with Crippen LogP contribution in [-0.2, 0) is 13.5 Å². The van der Waals surface area contributed by atoms with Crippen LogP contribution in [0.25, 0.3) is 0 Å². The quantitative estimate of drug-likeness (QED) is 0.907. The Morgan fingerprint density at radius 1 is 1.35 bits per heavy atom. The van der Waals surface area contributed by atoms with Crippen molar-refractivity contribution in [2.24, 2.45) is 13.0 Å². The van der Waals surface area contributed by atoms with Crippen LogP contribution < -0.4 is 5.32 Å². The summed E-state index contributed by atoms with van der Waals surface area (Å²) < 4.78 is 16.0. The fourth-order valence-corrected chi connectivity index (χ4v) is 2.00. The third-order valence-corrected chi connectivity index (χ3v) is 3.18. The molecule has 0 aliphatic rings. The van der Waals surface area contributed by atoms with Crippen LogP contribution in [0.3, 0.4) is 0 Å². The highest BCUT2D eigenvalue weighted by atomic mass is 19.1. The van der Waals surface area contributed by atoms with Crippen molar-refractivity contribution in [1.82, 2.24) is 24.7 Å². The van der Waals surface area contributed by atoms with Crippen molar-refractivity contribution in [2.75, 3.05) is 5.32 Å². The number of aromatic nitrogens is 5. The lowest BCUT2D eigenvalue weighted by atomic mass is 10.0. The molecule has 0 radical (unpaired) electrons. The first-order valence-electron chi connectivity index (χ1n) is 6.64. The van der Waals surface area contributed by atoms with Crippen molar-refractivity contribution < 1.29 is 4.39 Å². The second kappa shape index (κ2) is 5.94. The summed E-state index contributed by atoms with van der Waals surface area (Å²) in [6, 6.07) is -0.170. The second-order valence-electron chi connectivity index (χ2n) is 5.00. The van der Waals surface area contributed by atoms with Gasteiger partial charge in [-0.05, 0) is 12.3 Å². The normalized spacial score (nSPS) is 12.7. The van der Waals surface area contributed by atoms with Crippen LogP contribution in [0.15, 0.2) is 12.7 Å². The molecule has 2 aromatic heterocycles. The number of nitrogens with one attached hydrogen (secondary N) is 1. The summed E-state index contributed by atoms with van der Waals surface area (Å²) in [6.07, 6.45) is 3.53. The Balaban J connectivity index is 2.32. The molecule has 2 heterocycles. The Labute approximate surface area is 117 Å².